The van der Waals surface area contributed by atoms with Crippen LogP contribution in [0.15, 0.2) is 48.5 Å². The van der Waals surface area contributed by atoms with Crippen molar-refractivity contribution in [2.75, 3.05) is 5.73 Å². The van der Waals surface area contributed by atoms with E-state index in [2.05, 4.69) is 0 Å². The highest BCUT2D eigenvalue weighted by Gasteiger charge is 2.39. The Bertz CT molecular complexity index is 1010. The molecule has 3 aromatic carbocycles. The molecule has 134 valence electrons. The molecule has 0 saturated carbocycles. The number of hydrogen-bond donors (Lipinski definition) is 2. The van der Waals surface area contributed by atoms with Crippen LogP contribution in [0.25, 0.3) is 10.8 Å². The van der Waals surface area contributed by atoms with Gasteiger partial charge >= 0.3 is 0 Å². The number of anilines is 1. The summed E-state index contributed by atoms with van der Waals surface area (Å²) in [5.41, 5.74) is 7.21. The summed E-state index contributed by atoms with van der Waals surface area (Å²) in [6.45, 7) is 5.31. The van der Waals surface area contributed by atoms with E-state index < -0.39 is 11.4 Å². The van der Waals surface area contributed by atoms with Gasteiger partial charge in [0, 0.05) is 28.8 Å². The summed E-state index contributed by atoms with van der Waals surface area (Å²) < 4.78 is 12.2. The molecule has 3 aromatic rings. The van der Waals surface area contributed by atoms with Crippen molar-refractivity contribution in [3.8, 4) is 11.5 Å². The van der Waals surface area contributed by atoms with Crippen molar-refractivity contribution >= 4 is 28.1 Å². The Hall–Kier alpha value is -2.43. The largest absolute Gasteiger partial charge is 0.445 e. The third-order valence-electron chi connectivity index (χ3n) is 4.71. The second-order valence-electron chi connectivity index (χ2n) is 7.30. The Balaban J connectivity index is 1.79. The van der Waals surface area contributed by atoms with E-state index >= 15 is 0 Å². The van der Waals surface area contributed by atoms with Gasteiger partial charge in [0.2, 0.25) is 0 Å². The molecule has 1 aliphatic rings. The van der Waals surface area contributed by atoms with E-state index in [1.165, 1.54) is 0 Å². The van der Waals surface area contributed by atoms with Gasteiger partial charge in [-0.15, -0.1) is 0 Å². The second-order valence-corrected chi connectivity index (χ2v) is 7.74. The van der Waals surface area contributed by atoms with Gasteiger partial charge in [-0.25, -0.2) is 0 Å². The summed E-state index contributed by atoms with van der Waals surface area (Å²) in [6, 6.07) is 15.0. The summed E-state index contributed by atoms with van der Waals surface area (Å²) in [6.07, 6.45) is 0. The topological polar surface area (TPSA) is 64.7 Å². The van der Waals surface area contributed by atoms with Crippen LogP contribution in [0.1, 0.15) is 31.9 Å². The number of nitrogen functional groups attached to an aromatic ring is 1. The molecule has 4 nitrogen and oxygen atoms in total. The normalized spacial score (nSPS) is 19.1. The molecule has 0 aromatic heterocycles. The van der Waals surface area contributed by atoms with Crippen LogP contribution in [0.2, 0.25) is 5.02 Å². The Kier molecular flexibility index (Phi) is 3.62. The molecule has 26 heavy (non-hydrogen) atoms. The van der Waals surface area contributed by atoms with Gasteiger partial charge in [-0.1, -0.05) is 11.6 Å². The maximum atomic E-state index is 10.3. The molecule has 1 unspecified atom stereocenters. The van der Waals surface area contributed by atoms with Crippen molar-refractivity contribution in [2.45, 2.75) is 32.2 Å². The van der Waals surface area contributed by atoms with Gasteiger partial charge in [0.1, 0.15) is 0 Å². The molecule has 0 fully saturated rings. The van der Waals surface area contributed by atoms with Gasteiger partial charge in [0.25, 0.3) is 5.79 Å². The number of fused-ring (bicyclic) bond motifs is 2. The molecular weight excluding hydrogens is 350 g/mol. The van der Waals surface area contributed by atoms with E-state index in [1.807, 2.05) is 55.5 Å². The zero-order valence-corrected chi connectivity index (χ0v) is 15.6. The van der Waals surface area contributed by atoms with Crippen molar-refractivity contribution < 1.29 is 14.6 Å². The minimum absolute atomic E-state index is 0.546. The molecule has 0 aliphatic carbocycles. The van der Waals surface area contributed by atoms with Crippen LogP contribution in [0.5, 0.6) is 11.5 Å². The molecule has 0 saturated heterocycles. The van der Waals surface area contributed by atoms with Crippen LogP contribution in [-0.2, 0) is 11.4 Å². The predicted octanol–water partition coefficient (Wildman–Crippen LogP) is 4.95. The standard InChI is InChI=1S/C21H20ClNO3/c1-20(2,24)16-8-12-10-18-19(11-13(12)9-17(16)23)26-21(3,25-18)14-4-6-15(22)7-5-14/h4-11,24H,23H2,1-3H3. The molecule has 1 aliphatic heterocycles. The van der Waals surface area contributed by atoms with Crippen LogP contribution in [-0.4, -0.2) is 5.11 Å². The molecule has 3 N–H and O–H groups in total. The number of halogens is 1. The minimum atomic E-state index is -1.02. The summed E-state index contributed by atoms with van der Waals surface area (Å²) in [4.78, 5) is 0. The summed E-state index contributed by atoms with van der Waals surface area (Å²) >= 11 is 5.98. The van der Waals surface area contributed by atoms with Crippen LogP contribution in [0.3, 0.4) is 0 Å². The van der Waals surface area contributed by atoms with Crippen LogP contribution in [0, 0.1) is 0 Å². The van der Waals surface area contributed by atoms with Gasteiger partial charge < -0.3 is 20.3 Å². The molecular formula is C21H20ClNO3. The van der Waals surface area contributed by atoms with Crippen LogP contribution in [0.4, 0.5) is 5.69 Å². The maximum absolute atomic E-state index is 10.3. The maximum Gasteiger partial charge on any atom is 0.275 e. The average molecular weight is 370 g/mol. The number of hydrogen-bond acceptors (Lipinski definition) is 4. The van der Waals surface area contributed by atoms with E-state index in [-0.39, 0.29) is 0 Å². The molecule has 1 heterocycles. The summed E-state index contributed by atoms with van der Waals surface area (Å²) in [5.74, 6) is 0.390. The lowest BCUT2D eigenvalue weighted by atomic mass is 9.93. The molecule has 0 radical (unpaired) electrons. The molecule has 0 bridgehead atoms. The van der Waals surface area contributed by atoms with Crippen molar-refractivity contribution in [1.82, 2.24) is 0 Å². The first kappa shape index (κ1) is 17.0. The molecule has 1 atom stereocenters. The Morgan fingerprint density at radius 2 is 1.50 bits per heavy atom. The number of nitrogens with two attached hydrogens (primary N) is 1. The lowest BCUT2D eigenvalue weighted by Gasteiger charge is -2.23. The predicted molar refractivity (Wildman–Crippen MR) is 104 cm³/mol. The van der Waals surface area contributed by atoms with Gasteiger partial charge in [-0.2, -0.15) is 0 Å². The van der Waals surface area contributed by atoms with Crippen molar-refractivity contribution in [3.63, 3.8) is 0 Å². The number of aliphatic hydroxyl groups is 1. The highest BCUT2D eigenvalue weighted by atomic mass is 35.5. The first-order valence-corrected chi connectivity index (χ1v) is 8.78. The van der Waals surface area contributed by atoms with E-state index in [1.54, 1.807) is 13.8 Å². The lowest BCUT2D eigenvalue weighted by molar-refractivity contribution is -0.0679. The van der Waals surface area contributed by atoms with Crippen molar-refractivity contribution in [3.05, 3.63) is 64.7 Å². The Morgan fingerprint density at radius 1 is 0.962 bits per heavy atom. The van der Waals surface area contributed by atoms with Gasteiger partial charge in [-0.05, 0) is 73.2 Å². The fraction of sp³-hybridized carbons (Fsp3) is 0.238. The summed E-state index contributed by atoms with van der Waals surface area (Å²) in [7, 11) is 0. The third kappa shape index (κ3) is 2.75. The van der Waals surface area contributed by atoms with Crippen LogP contribution < -0.4 is 15.2 Å². The van der Waals surface area contributed by atoms with E-state index in [4.69, 9.17) is 26.8 Å². The average Bonchev–Trinajstić information content (AvgIpc) is 2.88. The number of ether oxygens (including phenoxy) is 2. The first-order valence-electron chi connectivity index (χ1n) is 8.40. The fourth-order valence-corrected chi connectivity index (χ4v) is 3.45. The van der Waals surface area contributed by atoms with E-state index in [9.17, 15) is 5.11 Å². The number of benzene rings is 3. The van der Waals surface area contributed by atoms with Gasteiger partial charge in [0.05, 0.1) is 5.60 Å². The molecule has 4 rings (SSSR count). The third-order valence-corrected chi connectivity index (χ3v) is 4.96. The fourth-order valence-electron chi connectivity index (χ4n) is 3.33. The highest BCUT2D eigenvalue weighted by Crippen LogP contribution is 2.46. The van der Waals surface area contributed by atoms with Crippen LogP contribution >= 0.6 is 11.6 Å². The van der Waals surface area contributed by atoms with Gasteiger partial charge in [-0.3, -0.25) is 0 Å². The van der Waals surface area contributed by atoms with E-state index in [0.29, 0.717) is 27.8 Å². The van der Waals surface area contributed by atoms with Crippen molar-refractivity contribution in [1.29, 1.82) is 0 Å². The molecule has 0 amide bonds. The second kappa shape index (κ2) is 5.53. The Morgan fingerprint density at radius 3 is 2.04 bits per heavy atom. The zero-order valence-electron chi connectivity index (χ0n) is 14.8. The quantitative estimate of drug-likeness (QED) is 0.627. The van der Waals surface area contributed by atoms with E-state index in [0.717, 1.165) is 16.3 Å². The van der Waals surface area contributed by atoms with Crippen molar-refractivity contribution in [2.24, 2.45) is 0 Å². The SMILES string of the molecule is CC(C)(O)c1cc2cc3c(cc2cc1N)OC(C)(c1ccc(Cl)cc1)O3. The summed E-state index contributed by atoms with van der Waals surface area (Å²) in [5, 5.41) is 12.8. The smallest absolute Gasteiger partial charge is 0.275 e. The highest BCUT2D eigenvalue weighted by molar-refractivity contribution is 6.30. The first-order chi connectivity index (χ1) is 12.2. The zero-order chi connectivity index (χ0) is 18.7. The minimum Gasteiger partial charge on any atom is -0.445 e. The Labute approximate surface area is 157 Å². The monoisotopic (exact) mass is 369 g/mol. The molecule has 0 spiro atoms. The molecule has 5 heteroatoms. The van der Waals surface area contributed by atoms with Gasteiger partial charge in [0.15, 0.2) is 11.5 Å². The lowest BCUT2D eigenvalue weighted by Crippen LogP contribution is -2.31. The number of rotatable bonds is 2.